The molecule has 10 nitrogen and oxygen atoms in total. The normalized spacial score (nSPS) is 18.8. The third-order valence-corrected chi connectivity index (χ3v) is 8.91. The number of carbonyl (C=O) groups excluding carboxylic acids is 4. The fourth-order valence-corrected chi connectivity index (χ4v) is 6.27. The zero-order valence-electron chi connectivity index (χ0n) is 27.6. The minimum absolute atomic E-state index is 0.0453. The van der Waals surface area contributed by atoms with E-state index in [9.17, 15) is 29.4 Å². The lowest BCUT2D eigenvalue weighted by Gasteiger charge is -2.23. The van der Waals surface area contributed by atoms with Crippen LogP contribution in [-0.4, -0.2) is 71.5 Å². The van der Waals surface area contributed by atoms with Crippen molar-refractivity contribution in [3.05, 3.63) is 58.7 Å². The van der Waals surface area contributed by atoms with Crippen LogP contribution in [0.2, 0.25) is 0 Å². The van der Waals surface area contributed by atoms with Crippen molar-refractivity contribution < 1.29 is 38.9 Å². The molecule has 0 bridgehead atoms. The number of Topliss-reactive ketones (excluding diaryl/α,β-unsaturated/α-hetero) is 1. The van der Waals surface area contributed by atoms with Crippen LogP contribution in [0.4, 0.5) is 0 Å². The van der Waals surface area contributed by atoms with Gasteiger partial charge in [-0.3, -0.25) is 14.4 Å². The quantitative estimate of drug-likeness (QED) is 0.221. The smallest absolute Gasteiger partial charge is 0.342 e. The summed E-state index contributed by atoms with van der Waals surface area (Å²) >= 11 is 0. The number of hydrogen-bond donors (Lipinski definition) is 3. The number of rotatable bonds is 9. The predicted octanol–water partition coefficient (Wildman–Crippen LogP) is 6.02. The van der Waals surface area contributed by atoms with E-state index < -0.39 is 23.7 Å². The van der Waals surface area contributed by atoms with Crippen LogP contribution >= 0.6 is 0 Å². The lowest BCUT2D eigenvalue weighted by Crippen LogP contribution is -2.34. The Hall–Kier alpha value is -4.34. The van der Waals surface area contributed by atoms with Gasteiger partial charge in [-0.2, -0.15) is 0 Å². The molecular formula is C37H48N2O8. The Bertz CT molecular complexity index is 1430. The number of phenols is 2. The van der Waals surface area contributed by atoms with E-state index in [0.717, 1.165) is 25.8 Å². The van der Waals surface area contributed by atoms with Gasteiger partial charge in [0.2, 0.25) is 11.8 Å². The van der Waals surface area contributed by atoms with Crippen LogP contribution in [0.15, 0.2) is 36.4 Å². The lowest BCUT2D eigenvalue weighted by atomic mass is 9.84. The monoisotopic (exact) mass is 648 g/mol. The second-order valence-corrected chi connectivity index (χ2v) is 12.5. The van der Waals surface area contributed by atoms with E-state index in [-0.39, 0.29) is 46.5 Å². The number of hydrogen-bond acceptors (Lipinski definition) is 8. The molecule has 0 spiro atoms. The zero-order valence-corrected chi connectivity index (χ0v) is 27.6. The van der Waals surface area contributed by atoms with Gasteiger partial charge in [-0.1, -0.05) is 30.7 Å². The Labute approximate surface area is 277 Å². The maximum Gasteiger partial charge on any atom is 0.342 e. The number of allylic oxidation sites excluding steroid dienone is 1. The standard InChI is InChI=1S/C37H48N2O8/c1-25-11-9-14-28(40)13-6-3-5-12-27-23-31(41)35(36(44)34(27)37(45)47-25)30(26-16-18-29(46-2)19-17-26)24-32(42)38-20-10-22-39-21-8-4-7-15-33(39)43/h5,12,16-19,23,25,30,41,44H,3-4,6-11,13-15,20-22,24H2,1-2H3,(H,38,42)/t25-,30?/m0/s1. The van der Waals surface area contributed by atoms with Gasteiger partial charge in [-0.25, -0.2) is 4.79 Å². The Morgan fingerprint density at radius 1 is 1.04 bits per heavy atom. The van der Waals surface area contributed by atoms with Crippen molar-refractivity contribution in [1.82, 2.24) is 10.2 Å². The summed E-state index contributed by atoms with van der Waals surface area (Å²) < 4.78 is 11.0. The Kier molecular flexibility index (Phi) is 13.3. The first-order valence-corrected chi connectivity index (χ1v) is 16.8. The molecule has 254 valence electrons. The Morgan fingerprint density at radius 2 is 1.81 bits per heavy atom. The summed E-state index contributed by atoms with van der Waals surface area (Å²) in [5, 5.41) is 26.0. The van der Waals surface area contributed by atoms with Crippen LogP contribution in [0.3, 0.4) is 0 Å². The highest BCUT2D eigenvalue weighted by molar-refractivity contribution is 5.98. The first-order chi connectivity index (χ1) is 22.7. The topological polar surface area (TPSA) is 142 Å². The number of nitrogens with zero attached hydrogens (tertiary/aromatic N) is 1. The van der Waals surface area contributed by atoms with Gasteiger partial charge in [-0.05, 0) is 81.2 Å². The molecule has 0 aliphatic carbocycles. The number of esters is 1. The summed E-state index contributed by atoms with van der Waals surface area (Å²) in [6.45, 7) is 3.41. The molecule has 1 saturated heterocycles. The van der Waals surface area contributed by atoms with E-state index in [0.29, 0.717) is 75.8 Å². The van der Waals surface area contributed by atoms with Crippen molar-refractivity contribution in [3.8, 4) is 17.2 Å². The molecule has 1 fully saturated rings. The molecule has 1 unspecified atom stereocenters. The van der Waals surface area contributed by atoms with Gasteiger partial charge >= 0.3 is 5.97 Å². The number of phenolic OH excluding ortho intramolecular Hbond substituents is 2. The van der Waals surface area contributed by atoms with E-state index in [4.69, 9.17) is 9.47 Å². The molecule has 0 aromatic heterocycles. The van der Waals surface area contributed by atoms with Crippen molar-refractivity contribution >= 4 is 29.6 Å². The maximum atomic E-state index is 13.6. The van der Waals surface area contributed by atoms with Gasteiger partial charge in [0.05, 0.1) is 13.2 Å². The molecule has 2 aliphatic rings. The Morgan fingerprint density at radius 3 is 2.57 bits per heavy atom. The molecule has 2 amide bonds. The molecule has 2 heterocycles. The van der Waals surface area contributed by atoms with Gasteiger partial charge in [-0.15, -0.1) is 0 Å². The molecule has 2 aromatic rings. The predicted molar refractivity (Wildman–Crippen MR) is 179 cm³/mol. The second kappa shape index (κ2) is 17.5. The van der Waals surface area contributed by atoms with Crippen molar-refractivity contribution in [2.45, 2.75) is 96.0 Å². The third kappa shape index (κ3) is 10.1. The van der Waals surface area contributed by atoms with Crippen molar-refractivity contribution in [3.63, 3.8) is 0 Å². The summed E-state index contributed by atoms with van der Waals surface area (Å²) in [5.41, 5.74) is 0.869. The van der Waals surface area contributed by atoms with Crippen LogP contribution in [0.1, 0.15) is 117 Å². The number of benzene rings is 2. The van der Waals surface area contributed by atoms with Gasteiger partial charge < -0.3 is 29.9 Å². The summed E-state index contributed by atoms with van der Waals surface area (Å²) in [6.07, 6.45) is 10.1. The summed E-state index contributed by atoms with van der Waals surface area (Å²) in [6, 6.07) is 8.39. The molecule has 0 radical (unpaired) electrons. The molecule has 4 rings (SSSR count). The number of fused-ring (bicyclic) bond motifs is 1. The maximum absolute atomic E-state index is 13.6. The molecule has 2 atom stereocenters. The highest BCUT2D eigenvalue weighted by Crippen LogP contribution is 2.44. The molecule has 47 heavy (non-hydrogen) atoms. The highest BCUT2D eigenvalue weighted by Gasteiger charge is 2.31. The van der Waals surface area contributed by atoms with E-state index >= 15 is 0 Å². The average Bonchev–Trinajstić information content (AvgIpc) is 3.25. The number of cyclic esters (lactones) is 1. The summed E-state index contributed by atoms with van der Waals surface area (Å²) in [4.78, 5) is 53.3. The van der Waals surface area contributed by atoms with Gasteiger partial charge in [0.15, 0.2) is 0 Å². The number of carbonyl (C=O) groups is 4. The summed E-state index contributed by atoms with van der Waals surface area (Å²) in [5.74, 6) is -1.66. The number of ketones is 1. The van der Waals surface area contributed by atoms with Crippen LogP contribution in [0.25, 0.3) is 6.08 Å². The fourth-order valence-electron chi connectivity index (χ4n) is 6.27. The zero-order chi connectivity index (χ0) is 33.8. The van der Waals surface area contributed by atoms with Crippen LogP contribution in [0, 0.1) is 0 Å². The van der Waals surface area contributed by atoms with E-state index in [1.807, 2.05) is 4.90 Å². The van der Waals surface area contributed by atoms with Crippen molar-refractivity contribution in [2.24, 2.45) is 0 Å². The largest absolute Gasteiger partial charge is 0.507 e. The Balaban J connectivity index is 1.62. The van der Waals surface area contributed by atoms with Crippen LogP contribution in [-0.2, 0) is 19.1 Å². The molecular weight excluding hydrogens is 600 g/mol. The van der Waals surface area contributed by atoms with E-state index in [1.165, 1.54) is 6.07 Å². The summed E-state index contributed by atoms with van der Waals surface area (Å²) in [7, 11) is 1.54. The molecule has 10 heteroatoms. The van der Waals surface area contributed by atoms with Crippen molar-refractivity contribution in [1.29, 1.82) is 0 Å². The number of likely N-dealkylation sites (tertiary alicyclic amines) is 1. The molecule has 2 aliphatic heterocycles. The number of nitrogens with one attached hydrogen (secondary N) is 1. The first kappa shape index (κ1) is 35.5. The SMILES string of the molecule is COc1ccc(C(CC(=O)NCCCN2CCCCCC2=O)c2c(O)cc3c(c2O)C(=O)O[C@@H](C)CCCC(=O)CCCC=C3)cc1. The highest BCUT2D eigenvalue weighted by atomic mass is 16.5. The van der Waals surface area contributed by atoms with E-state index in [2.05, 4.69) is 5.32 Å². The molecule has 2 aromatic carbocycles. The van der Waals surface area contributed by atoms with Gasteiger partial charge in [0, 0.05) is 56.8 Å². The van der Waals surface area contributed by atoms with E-state index in [1.54, 1.807) is 50.5 Å². The second-order valence-electron chi connectivity index (χ2n) is 12.5. The fraction of sp³-hybridized carbons (Fsp3) is 0.514. The minimum atomic E-state index is -0.813. The molecule has 3 N–H and O–H groups in total. The van der Waals surface area contributed by atoms with Gasteiger partial charge in [0.25, 0.3) is 0 Å². The number of methoxy groups -OCH3 is 1. The van der Waals surface area contributed by atoms with Crippen LogP contribution < -0.4 is 10.1 Å². The molecule has 0 saturated carbocycles. The first-order valence-electron chi connectivity index (χ1n) is 16.8. The lowest BCUT2D eigenvalue weighted by molar-refractivity contribution is -0.130. The minimum Gasteiger partial charge on any atom is -0.507 e. The van der Waals surface area contributed by atoms with Gasteiger partial charge in [0.1, 0.15) is 28.6 Å². The third-order valence-electron chi connectivity index (χ3n) is 8.91. The number of ether oxygens (including phenoxy) is 2. The number of amides is 2. The average molecular weight is 649 g/mol. The van der Waals surface area contributed by atoms with Crippen molar-refractivity contribution in [2.75, 3.05) is 26.7 Å². The van der Waals surface area contributed by atoms with Crippen LogP contribution in [0.5, 0.6) is 17.2 Å². The number of aromatic hydroxyl groups is 2.